The van der Waals surface area contributed by atoms with Crippen LogP contribution in [0.1, 0.15) is 0 Å². The van der Waals surface area contributed by atoms with Crippen molar-refractivity contribution in [1.29, 1.82) is 0 Å². The number of fused-ring (bicyclic) bond motifs is 3. The van der Waals surface area contributed by atoms with Crippen LogP contribution in [0.25, 0.3) is 0 Å². The van der Waals surface area contributed by atoms with E-state index in [1.165, 1.54) is 0 Å². The molecule has 2 aliphatic rings. The quantitative estimate of drug-likeness (QED) is 0.608. The summed E-state index contributed by atoms with van der Waals surface area (Å²) in [5.74, 6) is 0.275. The van der Waals surface area contributed by atoms with Crippen LogP contribution in [0.15, 0.2) is 41.7 Å². The van der Waals surface area contributed by atoms with Gasteiger partial charge in [-0.3, -0.25) is 4.79 Å². The minimum absolute atomic E-state index is 0.159. The Labute approximate surface area is 80.6 Å². The number of carbonyl (C=O) groups is 1. The molecule has 0 aromatic heterocycles. The summed E-state index contributed by atoms with van der Waals surface area (Å²) in [7, 11) is 0. The molecule has 0 unspecified atom stereocenters. The van der Waals surface area contributed by atoms with Gasteiger partial charge in [-0.05, 0) is 11.0 Å². The minimum Gasteiger partial charge on any atom is -0.310 e. The predicted octanol–water partition coefficient (Wildman–Crippen LogP) is 1.29. The largest absolute Gasteiger partial charge is 0.354 e. The molecule has 1 radical (unpaired) electrons. The van der Waals surface area contributed by atoms with Gasteiger partial charge in [-0.2, -0.15) is 4.99 Å². The molecule has 1 amide bonds. The molecule has 1 aromatic rings. The number of para-hydroxylation sites is 2. The number of benzene rings is 1. The van der Waals surface area contributed by atoms with Crippen molar-refractivity contribution < 1.29 is 4.79 Å². The highest BCUT2D eigenvalue weighted by Crippen LogP contribution is 2.31. The molecule has 14 heavy (non-hydrogen) atoms. The Morgan fingerprint density at radius 1 is 1.29 bits per heavy atom. The van der Waals surface area contributed by atoms with Crippen molar-refractivity contribution in [2.45, 2.75) is 0 Å². The highest BCUT2D eigenvalue weighted by molar-refractivity contribution is 6.46. The van der Waals surface area contributed by atoms with E-state index in [1.807, 2.05) is 24.3 Å². The first-order valence-electron chi connectivity index (χ1n) is 4.30. The van der Waals surface area contributed by atoms with Gasteiger partial charge in [0.25, 0.3) is 0 Å². The van der Waals surface area contributed by atoms with E-state index < -0.39 is 0 Å². The first-order valence-corrected chi connectivity index (χ1v) is 4.30. The fourth-order valence-corrected chi connectivity index (χ4v) is 1.63. The number of amides is 1. The van der Waals surface area contributed by atoms with Crippen LogP contribution in [-0.2, 0) is 4.79 Å². The van der Waals surface area contributed by atoms with Crippen molar-refractivity contribution in [3.63, 3.8) is 0 Å². The van der Waals surface area contributed by atoms with Gasteiger partial charge in [-0.15, -0.1) is 0 Å². The SMILES string of the molecule is O=C1Nc2ccccc2[N+]2C=CN=C12. The number of rotatable bonds is 0. The summed E-state index contributed by atoms with van der Waals surface area (Å²) >= 11 is 0. The molecule has 0 aliphatic carbocycles. The third-order valence-corrected chi connectivity index (χ3v) is 2.26. The van der Waals surface area contributed by atoms with E-state index >= 15 is 0 Å². The molecule has 4 nitrogen and oxygen atoms in total. The summed E-state index contributed by atoms with van der Waals surface area (Å²) in [5.41, 5.74) is 1.78. The zero-order chi connectivity index (χ0) is 9.54. The number of anilines is 2. The van der Waals surface area contributed by atoms with Crippen LogP contribution in [0.5, 0.6) is 0 Å². The Morgan fingerprint density at radius 2 is 2.14 bits per heavy atom. The van der Waals surface area contributed by atoms with Crippen molar-refractivity contribution in [3.05, 3.63) is 36.7 Å². The molecule has 0 saturated heterocycles. The number of nitrogens with one attached hydrogen (secondary N) is 1. The van der Waals surface area contributed by atoms with Gasteiger partial charge in [0, 0.05) is 6.07 Å². The molecule has 2 aliphatic heterocycles. The smallest absolute Gasteiger partial charge is 0.310 e. The summed E-state index contributed by atoms with van der Waals surface area (Å²) in [6, 6.07) is 7.64. The second kappa shape index (κ2) is 2.52. The predicted molar refractivity (Wildman–Crippen MR) is 53.4 cm³/mol. The topological polar surface area (TPSA) is 47.4 Å². The lowest BCUT2D eigenvalue weighted by Crippen LogP contribution is -2.40. The molecule has 0 bridgehead atoms. The van der Waals surface area contributed by atoms with Gasteiger partial charge in [0.1, 0.15) is 5.69 Å². The highest BCUT2D eigenvalue weighted by atomic mass is 16.2. The molecule has 0 saturated carbocycles. The highest BCUT2D eigenvalue weighted by Gasteiger charge is 2.40. The summed E-state index contributed by atoms with van der Waals surface area (Å²) < 4.78 is 0. The molecule has 0 atom stereocenters. The van der Waals surface area contributed by atoms with E-state index in [1.54, 1.807) is 17.3 Å². The normalized spacial score (nSPS) is 18.6. The van der Waals surface area contributed by atoms with Gasteiger partial charge in [-0.25, -0.2) is 0 Å². The van der Waals surface area contributed by atoms with E-state index in [0.717, 1.165) is 11.4 Å². The zero-order valence-corrected chi connectivity index (χ0v) is 7.27. The van der Waals surface area contributed by atoms with Crippen molar-refractivity contribution >= 4 is 23.1 Å². The lowest BCUT2D eigenvalue weighted by atomic mass is 10.2. The van der Waals surface area contributed by atoms with Crippen LogP contribution in [0.3, 0.4) is 0 Å². The maximum atomic E-state index is 11.5. The van der Waals surface area contributed by atoms with Gasteiger partial charge in [-0.1, -0.05) is 12.1 Å². The Bertz CT molecular complexity index is 476. The number of amidine groups is 1. The monoisotopic (exact) mass is 185 g/mol. The van der Waals surface area contributed by atoms with Crippen molar-refractivity contribution in [3.8, 4) is 0 Å². The van der Waals surface area contributed by atoms with Crippen LogP contribution in [0.2, 0.25) is 0 Å². The summed E-state index contributed by atoms with van der Waals surface area (Å²) in [4.78, 5) is 17.3. The Morgan fingerprint density at radius 3 is 3.07 bits per heavy atom. The lowest BCUT2D eigenvalue weighted by Gasteiger charge is -2.14. The molecule has 67 valence electrons. The average molecular weight is 185 g/mol. The third-order valence-electron chi connectivity index (χ3n) is 2.26. The maximum Gasteiger partial charge on any atom is 0.354 e. The number of hydrogen-bond acceptors (Lipinski definition) is 3. The summed E-state index contributed by atoms with van der Waals surface area (Å²) in [6.07, 6.45) is 3.41. The molecule has 2 heterocycles. The minimum atomic E-state index is -0.159. The van der Waals surface area contributed by atoms with E-state index in [2.05, 4.69) is 10.3 Å². The van der Waals surface area contributed by atoms with Crippen LogP contribution in [0, 0.1) is 0 Å². The summed E-state index contributed by atoms with van der Waals surface area (Å²) in [5, 5.41) is 2.78. The molecule has 1 aromatic carbocycles. The van der Waals surface area contributed by atoms with Crippen molar-refractivity contribution in [1.82, 2.24) is 4.90 Å². The number of aliphatic imine (C=N–C) groups is 1. The molecule has 3 rings (SSSR count). The van der Waals surface area contributed by atoms with E-state index in [-0.39, 0.29) is 5.91 Å². The third kappa shape index (κ3) is 0.856. The van der Waals surface area contributed by atoms with Gasteiger partial charge >= 0.3 is 11.7 Å². The van der Waals surface area contributed by atoms with Crippen molar-refractivity contribution in [2.24, 2.45) is 4.99 Å². The lowest BCUT2D eigenvalue weighted by molar-refractivity contribution is -0.110. The molecule has 0 spiro atoms. The van der Waals surface area contributed by atoms with Crippen LogP contribution in [-0.4, -0.2) is 11.7 Å². The molecule has 0 fully saturated rings. The standard InChI is InChI=1S/C10H7N3O/c14-10-9-11-5-6-13(9)8-4-2-1-3-7(8)12-10/h1-6H,(H,12,14)/q+1. The molecule has 1 N–H and O–H groups in total. The zero-order valence-electron chi connectivity index (χ0n) is 7.27. The number of nitrogens with zero attached hydrogens (tertiary/aromatic N) is 2. The Balaban J connectivity index is 2.22. The molecular weight excluding hydrogens is 178 g/mol. The number of carbonyl (C=O) groups excluding carboxylic acids is 1. The second-order valence-corrected chi connectivity index (χ2v) is 3.09. The van der Waals surface area contributed by atoms with Crippen molar-refractivity contribution in [2.75, 3.05) is 5.32 Å². The van der Waals surface area contributed by atoms with Crippen LogP contribution >= 0.6 is 0 Å². The van der Waals surface area contributed by atoms with E-state index in [0.29, 0.717) is 5.84 Å². The Hall–Kier alpha value is -1.94. The summed E-state index contributed by atoms with van der Waals surface area (Å²) in [6.45, 7) is 0. The number of hydrogen-bond donors (Lipinski definition) is 1. The fourth-order valence-electron chi connectivity index (χ4n) is 1.63. The second-order valence-electron chi connectivity index (χ2n) is 3.09. The van der Waals surface area contributed by atoms with Crippen LogP contribution in [0.4, 0.5) is 11.4 Å². The molecule has 4 heteroatoms. The first-order chi connectivity index (χ1) is 6.86. The fraction of sp³-hybridized carbons (Fsp3) is 0. The first kappa shape index (κ1) is 7.46. The van der Waals surface area contributed by atoms with E-state index in [4.69, 9.17) is 0 Å². The van der Waals surface area contributed by atoms with Gasteiger partial charge in [0.05, 0.1) is 6.20 Å². The van der Waals surface area contributed by atoms with Gasteiger partial charge < -0.3 is 5.32 Å². The van der Waals surface area contributed by atoms with Crippen LogP contribution < -0.4 is 10.2 Å². The Kier molecular flexibility index (Phi) is 1.35. The van der Waals surface area contributed by atoms with E-state index in [9.17, 15) is 4.79 Å². The maximum absolute atomic E-state index is 11.5. The van der Waals surface area contributed by atoms with Gasteiger partial charge in [0.15, 0.2) is 6.20 Å². The van der Waals surface area contributed by atoms with Gasteiger partial charge in [0.2, 0.25) is 5.69 Å². The average Bonchev–Trinajstić information content (AvgIpc) is 2.67. The molecular formula is C10H7N3O+.